The van der Waals surface area contributed by atoms with Crippen molar-refractivity contribution in [2.24, 2.45) is 5.92 Å². The maximum atomic E-state index is 12.6. The van der Waals surface area contributed by atoms with Crippen molar-refractivity contribution in [3.8, 4) is 0 Å². The molecule has 2 aliphatic heterocycles. The number of likely N-dealkylation sites (tertiary alicyclic amines) is 1. The van der Waals surface area contributed by atoms with Crippen LogP contribution in [0.1, 0.15) is 45.4 Å². The Balaban J connectivity index is 1.53. The van der Waals surface area contributed by atoms with Gasteiger partial charge in [-0.3, -0.25) is 4.79 Å². The molecule has 0 aromatic carbocycles. The molecule has 0 bridgehead atoms. The van der Waals surface area contributed by atoms with Crippen LogP contribution >= 0.6 is 0 Å². The van der Waals surface area contributed by atoms with Gasteiger partial charge in [-0.25, -0.2) is 8.42 Å². The quantitative estimate of drug-likeness (QED) is 0.742. The van der Waals surface area contributed by atoms with Crippen LogP contribution in [0.25, 0.3) is 0 Å². The largest absolute Gasteiger partial charge is 0.351 e. The number of nitrogens with zero attached hydrogens (tertiary/aromatic N) is 2. The molecule has 3 aliphatic rings. The average Bonchev–Trinajstić information content (AvgIpc) is 3.00. The number of hydrogen-bond donors (Lipinski definition) is 1. The van der Waals surface area contributed by atoms with Crippen LogP contribution in [0.15, 0.2) is 0 Å². The molecule has 0 radical (unpaired) electrons. The molecular weight excluding hydrogens is 314 g/mol. The Kier molecular flexibility index (Phi) is 5.28. The van der Waals surface area contributed by atoms with Crippen molar-refractivity contribution in [2.45, 2.75) is 57.5 Å². The van der Waals surface area contributed by atoms with Crippen molar-refractivity contribution in [1.82, 2.24) is 14.5 Å². The zero-order valence-corrected chi connectivity index (χ0v) is 14.9. The normalized spacial score (nSPS) is 30.0. The van der Waals surface area contributed by atoms with Crippen LogP contribution < -0.4 is 5.32 Å². The fourth-order valence-corrected chi connectivity index (χ4v) is 5.54. The third-order valence-electron chi connectivity index (χ3n) is 5.16. The minimum atomic E-state index is -3.29. The fourth-order valence-electron chi connectivity index (χ4n) is 3.79. The smallest absolute Gasteiger partial charge is 0.238 e. The van der Waals surface area contributed by atoms with Crippen molar-refractivity contribution in [2.75, 3.05) is 31.9 Å². The van der Waals surface area contributed by atoms with Crippen LogP contribution in [0, 0.1) is 5.92 Å². The molecule has 1 saturated carbocycles. The molecule has 0 aromatic rings. The number of hydrogen-bond acceptors (Lipinski definition) is 4. The molecule has 2 heterocycles. The first kappa shape index (κ1) is 17.2. The standard InChI is InChI=1S/C16H29N3O3S/c1-2-10-23(21,22)19-8-3-4-15(19)16(20)17-14-7-9-18(12-14)11-13-5-6-13/h13-15H,2-12H2,1H3,(H,17,20)/t14-,15-/m0/s1. The SMILES string of the molecule is CCCS(=O)(=O)N1CCC[C@H]1C(=O)N[C@H]1CCN(CC2CC2)C1. The molecular formula is C16H29N3O3S. The lowest BCUT2D eigenvalue weighted by Gasteiger charge is -2.25. The Hall–Kier alpha value is -0.660. The highest BCUT2D eigenvalue weighted by Crippen LogP contribution is 2.30. The Labute approximate surface area is 139 Å². The third-order valence-corrected chi connectivity index (χ3v) is 7.23. The van der Waals surface area contributed by atoms with Crippen LogP contribution in [0.5, 0.6) is 0 Å². The number of carbonyl (C=O) groups excluding carboxylic acids is 1. The predicted molar refractivity (Wildman–Crippen MR) is 89.5 cm³/mol. The van der Waals surface area contributed by atoms with Gasteiger partial charge in [-0.1, -0.05) is 6.92 Å². The van der Waals surface area contributed by atoms with E-state index in [1.807, 2.05) is 6.92 Å². The summed E-state index contributed by atoms with van der Waals surface area (Å²) < 4.78 is 26.0. The van der Waals surface area contributed by atoms with E-state index in [-0.39, 0.29) is 17.7 Å². The van der Waals surface area contributed by atoms with Crippen molar-refractivity contribution in [1.29, 1.82) is 0 Å². The average molecular weight is 343 g/mol. The molecule has 0 spiro atoms. The summed E-state index contributed by atoms with van der Waals surface area (Å²) >= 11 is 0. The summed E-state index contributed by atoms with van der Waals surface area (Å²) in [6.07, 6.45) is 5.69. The molecule has 6 nitrogen and oxygen atoms in total. The summed E-state index contributed by atoms with van der Waals surface area (Å²) in [5.41, 5.74) is 0. The summed E-state index contributed by atoms with van der Waals surface area (Å²) in [7, 11) is -3.29. The number of rotatable bonds is 7. The van der Waals surface area contributed by atoms with Gasteiger partial charge in [-0.2, -0.15) is 4.31 Å². The molecule has 1 N–H and O–H groups in total. The van der Waals surface area contributed by atoms with E-state index < -0.39 is 16.1 Å². The number of nitrogens with one attached hydrogen (secondary N) is 1. The van der Waals surface area contributed by atoms with E-state index in [4.69, 9.17) is 0 Å². The van der Waals surface area contributed by atoms with E-state index in [2.05, 4.69) is 10.2 Å². The van der Waals surface area contributed by atoms with Crippen LogP contribution in [0.3, 0.4) is 0 Å². The summed E-state index contributed by atoms with van der Waals surface area (Å²) in [6, 6.07) is -0.318. The van der Waals surface area contributed by atoms with Gasteiger partial charge in [0, 0.05) is 32.2 Å². The number of amides is 1. The van der Waals surface area contributed by atoms with E-state index >= 15 is 0 Å². The third kappa shape index (κ3) is 4.25. The van der Waals surface area contributed by atoms with Gasteiger partial charge < -0.3 is 10.2 Å². The molecule has 2 saturated heterocycles. The van der Waals surface area contributed by atoms with Crippen molar-refractivity contribution >= 4 is 15.9 Å². The van der Waals surface area contributed by atoms with Crippen LogP contribution in [-0.4, -0.2) is 67.5 Å². The first-order valence-corrected chi connectivity index (χ1v) is 10.6. The first-order valence-electron chi connectivity index (χ1n) is 9.02. The minimum absolute atomic E-state index is 0.0968. The summed E-state index contributed by atoms with van der Waals surface area (Å²) in [6.45, 7) is 5.46. The van der Waals surface area contributed by atoms with Gasteiger partial charge in [0.1, 0.15) is 6.04 Å². The molecule has 2 atom stereocenters. The highest BCUT2D eigenvalue weighted by molar-refractivity contribution is 7.89. The minimum Gasteiger partial charge on any atom is -0.351 e. The van der Waals surface area contributed by atoms with Gasteiger partial charge in [0.05, 0.1) is 5.75 Å². The second kappa shape index (κ2) is 7.07. The van der Waals surface area contributed by atoms with Gasteiger partial charge in [-0.05, 0) is 44.4 Å². The molecule has 7 heteroatoms. The highest BCUT2D eigenvalue weighted by atomic mass is 32.2. The summed E-state index contributed by atoms with van der Waals surface area (Å²) in [5.74, 6) is 0.907. The van der Waals surface area contributed by atoms with Crippen LogP contribution in [0.2, 0.25) is 0 Å². The predicted octanol–water partition coefficient (Wildman–Crippen LogP) is 0.791. The molecule has 0 aromatic heterocycles. The molecule has 1 amide bonds. The van der Waals surface area contributed by atoms with Crippen molar-refractivity contribution in [3.05, 3.63) is 0 Å². The zero-order chi connectivity index (χ0) is 16.4. The topological polar surface area (TPSA) is 69.7 Å². The van der Waals surface area contributed by atoms with Crippen LogP contribution in [-0.2, 0) is 14.8 Å². The zero-order valence-electron chi connectivity index (χ0n) is 14.0. The monoisotopic (exact) mass is 343 g/mol. The van der Waals surface area contributed by atoms with Crippen molar-refractivity contribution < 1.29 is 13.2 Å². The fraction of sp³-hybridized carbons (Fsp3) is 0.938. The summed E-state index contributed by atoms with van der Waals surface area (Å²) in [5, 5.41) is 3.10. The van der Waals surface area contributed by atoms with Crippen LogP contribution in [0.4, 0.5) is 0 Å². The Bertz CT molecular complexity index is 533. The highest BCUT2D eigenvalue weighted by Gasteiger charge is 2.39. The van der Waals surface area contributed by atoms with Gasteiger partial charge in [0.2, 0.25) is 15.9 Å². The maximum Gasteiger partial charge on any atom is 0.238 e. The van der Waals surface area contributed by atoms with E-state index in [1.54, 1.807) is 0 Å². The lowest BCUT2D eigenvalue weighted by atomic mass is 10.2. The Morgan fingerprint density at radius 3 is 2.65 bits per heavy atom. The van der Waals surface area contributed by atoms with Crippen molar-refractivity contribution in [3.63, 3.8) is 0 Å². The maximum absolute atomic E-state index is 12.6. The van der Waals surface area contributed by atoms with E-state index in [1.165, 1.54) is 17.1 Å². The summed E-state index contributed by atoms with van der Waals surface area (Å²) in [4.78, 5) is 15.0. The molecule has 23 heavy (non-hydrogen) atoms. The molecule has 3 rings (SSSR count). The van der Waals surface area contributed by atoms with Gasteiger partial charge in [0.25, 0.3) is 0 Å². The first-order chi connectivity index (χ1) is 11.0. The molecule has 1 aliphatic carbocycles. The van der Waals surface area contributed by atoms with Gasteiger partial charge >= 0.3 is 0 Å². The second-order valence-corrected chi connectivity index (χ2v) is 9.32. The van der Waals surface area contributed by atoms with E-state index in [0.717, 1.165) is 38.4 Å². The van der Waals surface area contributed by atoms with E-state index in [0.29, 0.717) is 19.4 Å². The van der Waals surface area contributed by atoms with Gasteiger partial charge in [0.15, 0.2) is 0 Å². The van der Waals surface area contributed by atoms with E-state index in [9.17, 15) is 13.2 Å². The Morgan fingerprint density at radius 1 is 1.17 bits per heavy atom. The molecule has 132 valence electrons. The lowest BCUT2D eigenvalue weighted by Crippen LogP contribution is -2.49. The Morgan fingerprint density at radius 2 is 1.96 bits per heavy atom. The number of sulfonamides is 1. The molecule has 3 fully saturated rings. The lowest BCUT2D eigenvalue weighted by molar-refractivity contribution is -0.124. The molecule has 0 unspecified atom stereocenters. The second-order valence-electron chi connectivity index (χ2n) is 7.28. The van der Waals surface area contributed by atoms with Gasteiger partial charge in [-0.15, -0.1) is 0 Å². The number of carbonyl (C=O) groups is 1.